The molecule has 0 spiro atoms. The van der Waals surface area contributed by atoms with Gasteiger partial charge in [0.2, 0.25) is 0 Å². The summed E-state index contributed by atoms with van der Waals surface area (Å²) >= 11 is -10.3. The van der Waals surface area contributed by atoms with E-state index in [0.717, 1.165) is 0 Å². The van der Waals surface area contributed by atoms with E-state index in [1.807, 2.05) is 52.9 Å². The van der Waals surface area contributed by atoms with Gasteiger partial charge in [0, 0.05) is 18.7 Å². The van der Waals surface area contributed by atoms with Gasteiger partial charge in [-0.25, -0.2) is 4.79 Å². The summed E-state index contributed by atoms with van der Waals surface area (Å²) in [6.07, 6.45) is 2.57. The van der Waals surface area contributed by atoms with Gasteiger partial charge in [0.25, 0.3) is 11.8 Å². The summed E-state index contributed by atoms with van der Waals surface area (Å²) in [5.74, 6) is -1.03. The van der Waals surface area contributed by atoms with Crippen molar-refractivity contribution in [3.05, 3.63) is 132 Å². The van der Waals surface area contributed by atoms with Gasteiger partial charge < -0.3 is 5.11 Å². The second kappa shape index (κ2) is 15.8. The van der Waals surface area contributed by atoms with E-state index in [-0.39, 0.29) is 26.1 Å². The Balaban J connectivity index is 0.000000520. The number of carboxylic acids is 1. The number of nitrogens with zero attached hydrogens (tertiary/aromatic N) is 3. The van der Waals surface area contributed by atoms with Gasteiger partial charge in [0.15, 0.2) is 0 Å². The quantitative estimate of drug-likeness (QED) is 0.0747. The monoisotopic (exact) mass is 883 g/mol. The third-order valence-electron chi connectivity index (χ3n) is 9.24. The van der Waals surface area contributed by atoms with Crippen LogP contribution in [0.1, 0.15) is 17.3 Å². The molecular weight excluding hydrogens is 848 g/mol. The van der Waals surface area contributed by atoms with E-state index in [0.29, 0.717) is 62.4 Å². The molecule has 3 aliphatic rings. The van der Waals surface area contributed by atoms with Crippen molar-refractivity contribution >= 4 is 82.9 Å². The first-order chi connectivity index (χ1) is 26.5. The van der Waals surface area contributed by atoms with Crippen molar-refractivity contribution in [3.63, 3.8) is 0 Å². The normalized spacial score (nSPS) is 14.4. The van der Waals surface area contributed by atoms with E-state index < -0.39 is 34.3 Å². The van der Waals surface area contributed by atoms with Gasteiger partial charge in [0.1, 0.15) is 0 Å². The molecule has 1 unspecified atom stereocenters. The number of aromatic carboxylic acids is 1. The predicted octanol–water partition coefficient (Wildman–Crippen LogP) is 1.83. The molecule has 2 heterocycles. The van der Waals surface area contributed by atoms with E-state index in [4.69, 9.17) is 4.42 Å². The Morgan fingerprint density at radius 3 is 1.98 bits per heavy atom. The van der Waals surface area contributed by atoms with Crippen LogP contribution in [0, 0.1) is 0 Å². The van der Waals surface area contributed by atoms with Crippen LogP contribution in [-0.4, -0.2) is 89.1 Å². The number of imide groups is 1. The van der Waals surface area contributed by atoms with Gasteiger partial charge in [-0.2, -0.15) is 0 Å². The van der Waals surface area contributed by atoms with Crippen molar-refractivity contribution in [1.82, 2.24) is 9.48 Å². The van der Waals surface area contributed by atoms with Crippen LogP contribution < -0.4 is 27.6 Å². The van der Waals surface area contributed by atoms with Crippen molar-refractivity contribution in [2.24, 2.45) is 0 Å². The van der Waals surface area contributed by atoms with E-state index in [1.54, 1.807) is 62.5 Å². The van der Waals surface area contributed by atoms with Gasteiger partial charge in [-0.15, -0.1) is 0 Å². The number of carbonyl (C=O) groups excluding carboxylic acids is 2. The Kier molecular flexibility index (Phi) is 11.3. The molecule has 14 nitrogen and oxygen atoms in total. The molecule has 4 N–H and O–H groups in total. The Hall–Kier alpha value is -5.72. The number of rotatable bonds is 8. The predicted molar refractivity (Wildman–Crippen MR) is 207 cm³/mol. The topological polar surface area (TPSA) is 212 Å². The summed E-state index contributed by atoms with van der Waals surface area (Å²) in [5, 5.41) is 11.4. The molecule has 0 aromatic heterocycles. The minimum atomic E-state index is -5.29. The fourth-order valence-electron chi connectivity index (χ4n) is 6.24. The number of anilines is 2. The number of amides is 2. The maximum absolute atomic E-state index is 12.3. The molecule has 4 aromatic carbocycles. The molecule has 0 radical (unpaired) electrons. The second-order valence-corrected chi connectivity index (χ2v) is 19.3. The number of hydrogen-bond donors (Lipinski definition) is 4. The third kappa shape index (κ3) is 8.26. The molecule has 7 rings (SSSR count). The van der Waals surface area contributed by atoms with Gasteiger partial charge in [-0.05, 0) is 13.0 Å². The van der Waals surface area contributed by atoms with Gasteiger partial charge in [-0.1, -0.05) is 12.1 Å². The molecule has 56 heavy (non-hydrogen) atoms. The van der Waals surface area contributed by atoms with Crippen molar-refractivity contribution < 1.29 is 47.8 Å². The molecule has 2 aliphatic heterocycles. The van der Waals surface area contributed by atoms with Crippen LogP contribution in [-0.2, 0) is 17.1 Å². The van der Waals surface area contributed by atoms with Crippen LogP contribution >= 0.6 is 0 Å². The van der Waals surface area contributed by atoms with Gasteiger partial charge in [-0.3, -0.25) is 14.5 Å². The summed E-state index contributed by atoms with van der Waals surface area (Å²) < 4.78 is 71.6. The van der Waals surface area contributed by atoms with Crippen molar-refractivity contribution in [2.45, 2.75) is 6.92 Å². The third-order valence-corrected chi connectivity index (χ3v) is 13.3. The number of carbonyl (C=O) groups is 3. The Labute approximate surface area is 325 Å². The average Bonchev–Trinajstić information content (AvgIpc) is 3.51. The summed E-state index contributed by atoms with van der Waals surface area (Å²) in [7, 11) is 3.60. The molecular formula is C40H35As2N3O11. The minimum absolute atomic E-state index is 0.0293. The first kappa shape index (κ1) is 40.0. The van der Waals surface area contributed by atoms with Crippen molar-refractivity contribution in [1.29, 1.82) is 0 Å². The molecule has 0 saturated heterocycles. The fraction of sp³-hybridized carbons (Fsp3) is 0.100. The fourth-order valence-corrected chi connectivity index (χ4v) is 8.47. The molecule has 16 heteroatoms. The number of likely N-dealkylation sites (N-methyl/N-ethyl adjacent to an activating group) is 1. The first-order valence-corrected chi connectivity index (χ1v) is 23.6. The van der Waals surface area contributed by atoms with Gasteiger partial charge in [0.05, 0.1) is 0 Å². The average molecular weight is 884 g/mol. The molecule has 4 aromatic rings. The molecule has 1 atom stereocenters. The summed E-state index contributed by atoms with van der Waals surface area (Å²) in [6, 6.07) is 29.7. The standard InChI is InChI=1S/C34H28As2N2O9.C6H7NO2/c1-37(23-11-7-21(8-12-23)35(41,42)43)25-15-17-29-31(19-25)47-32-20-26(38(2)24-13-9-22(10-14-24)36(44,45)46)16-18-30(32)33(29)27-5-3-4-6-28(27)34(39)40;1-2-7-5(8)3-4-6(7)9/h3-20H,1-2H3,(H4-,39,40,41,42,43,44,45,46);3-4H,2H2,1H3. The number of carboxylic acid groups (broad SMARTS) is 1. The molecule has 1 aliphatic carbocycles. The van der Waals surface area contributed by atoms with Crippen LogP contribution in [0.5, 0.6) is 0 Å². The van der Waals surface area contributed by atoms with Crippen molar-refractivity contribution in [2.75, 3.05) is 25.5 Å². The van der Waals surface area contributed by atoms with E-state index >= 15 is 0 Å². The number of fused-ring (bicyclic) bond motifs is 2. The Morgan fingerprint density at radius 1 is 0.804 bits per heavy atom. The van der Waals surface area contributed by atoms with Crippen LogP contribution in [0.4, 0.5) is 17.1 Å². The first-order valence-electron chi connectivity index (χ1n) is 17.0. The molecule has 2 amide bonds. The molecule has 0 saturated carbocycles. The Morgan fingerprint density at radius 2 is 1.41 bits per heavy atom. The maximum atomic E-state index is 12.3. The summed E-state index contributed by atoms with van der Waals surface area (Å²) in [4.78, 5) is 36.6. The summed E-state index contributed by atoms with van der Waals surface area (Å²) in [6.45, 7) is 2.23. The van der Waals surface area contributed by atoms with Crippen LogP contribution in [0.15, 0.2) is 126 Å². The zero-order valence-corrected chi connectivity index (χ0v) is 33.9. The van der Waals surface area contributed by atoms with Crippen LogP contribution in [0.2, 0.25) is 0 Å². The zero-order valence-electron chi connectivity index (χ0n) is 30.1. The van der Waals surface area contributed by atoms with E-state index in [2.05, 4.69) is 0 Å². The molecule has 286 valence electrons. The SMILES string of the molecule is CCN1C(=O)C=CC1=O.CN(c1ccc([As](=O)(O)O)cc1)c1ccc2c(-c3ccccc3C(=O)O)c3ccc(=[N+](C)c4ccc([As](=O)([O-])O)cc4)cc-3oc2c1. The van der Waals surface area contributed by atoms with Crippen LogP contribution in [0.25, 0.3) is 33.4 Å². The number of benzene rings is 5. The van der Waals surface area contributed by atoms with Crippen molar-refractivity contribution in [3.8, 4) is 22.5 Å². The second-order valence-electron chi connectivity index (χ2n) is 12.7. The Bertz CT molecular complexity index is 2660. The summed E-state index contributed by atoms with van der Waals surface area (Å²) in [5.41, 5.74) is 4.47. The van der Waals surface area contributed by atoms with Crippen LogP contribution in [0.3, 0.4) is 0 Å². The zero-order chi connectivity index (χ0) is 40.5. The van der Waals surface area contributed by atoms with E-state index in [9.17, 15) is 43.4 Å². The molecule has 0 fully saturated rings. The van der Waals surface area contributed by atoms with E-state index in [1.165, 1.54) is 41.3 Å². The number of hydrogen-bond acceptors (Lipinski definition) is 8. The molecule has 0 bridgehead atoms. The van der Waals surface area contributed by atoms with Gasteiger partial charge >= 0.3 is 247 Å².